The standard InChI is InChI=1S/C15H13ClN2O3/c16-12-4-2-1-3-11(12)7-14(19)18-9-10-5-6-13(15(20)21)17-8-10/h1-6,8H,7,9H2,(H,18,19)(H,20,21). The van der Waals surface area contributed by atoms with Gasteiger partial charge in [-0.25, -0.2) is 9.78 Å². The third-order valence-corrected chi connectivity index (χ3v) is 3.21. The fourth-order valence-corrected chi connectivity index (χ4v) is 1.94. The number of pyridine rings is 1. The fourth-order valence-electron chi connectivity index (χ4n) is 1.73. The Morgan fingerprint density at radius 2 is 1.95 bits per heavy atom. The predicted molar refractivity (Wildman–Crippen MR) is 78.2 cm³/mol. The van der Waals surface area contributed by atoms with Crippen molar-refractivity contribution >= 4 is 23.5 Å². The van der Waals surface area contributed by atoms with E-state index in [1.807, 2.05) is 6.07 Å². The number of rotatable bonds is 5. The third kappa shape index (κ3) is 4.29. The molecule has 6 heteroatoms. The molecule has 108 valence electrons. The maximum atomic E-state index is 11.8. The second-order valence-corrected chi connectivity index (χ2v) is 4.81. The fraction of sp³-hybridized carbons (Fsp3) is 0.133. The molecule has 0 atom stereocenters. The van der Waals surface area contributed by atoms with Crippen LogP contribution in [-0.2, 0) is 17.8 Å². The molecule has 0 fully saturated rings. The molecule has 2 N–H and O–H groups in total. The van der Waals surface area contributed by atoms with E-state index < -0.39 is 5.97 Å². The summed E-state index contributed by atoms with van der Waals surface area (Å²) in [5.74, 6) is -1.24. The van der Waals surface area contributed by atoms with Crippen molar-refractivity contribution in [1.29, 1.82) is 0 Å². The zero-order valence-electron chi connectivity index (χ0n) is 11.0. The number of amides is 1. The van der Waals surface area contributed by atoms with E-state index in [0.717, 1.165) is 11.1 Å². The Balaban J connectivity index is 1.89. The topological polar surface area (TPSA) is 79.3 Å². The number of benzene rings is 1. The summed E-state index contributed by atoms with van der Waals surface area (Å²) in [5, 5.41) is 12.0. The van der Waals surface area contributed by atoms with Crippen LogP contribution in [0.2, 0.25) is 5.02 Å². The number of carbonyl (C=O) groups excluding carboxylic acids is 1. The van der Waals surface area contributed by atoms with Crippen molar-refractivity contribution < 1.29 is 14.7 Å². The molecule has 1 aromatic carbocycles. The first-order valence-electron chi connectivity index (χ1n) is 6.24. The third-order valence-electron chi connectivity index (χ3n) is 2.84. The van der Waals surface area contributed by atoms with Crippen LogP contribution in [-0.4, -0.2) is 22.0 Å². The van der Waals surface area contributed by atoms with Gasteiger partial charge in [-0.1, -0.05) is 35.9 Å². The molecular formula is C15H13ClN2O3. The van der Waals surface area contributed by atoms with E-state index in [-0.39, 0.29) is 24.6 Å². The van der Waals surface area contributed by atoms with Crippen LogP contribution in [0.1, 0.15) is 21.6 Å². The number of carbonyl (C=O) groups is 2. The minimum atomic E-state index is -1.08. The van der Waals surface area contributed by atoms with E-state index in [2.05, 4.69) is 10.3 Å². The van der Waals surface area contributed by atoms with Crippen LogP contribution in [0.4, 0.5) is 0 Å². The van der Waals surface area contributed by atoms with E-state index in [1.54, 1.807) is 24.3 Å². The highest BCUT2D eigenvalue weighted by atomic mass is 35.5. The van der Waals surface area contributed by atoms with Crippen molar-refractivity contribution in [3.05, 3.63) is 64.4 Å². The van der Waals surface area contributed by atoms with Gasteiger partial charge in [-0.3, -0.25) is 4.79 Å². The Labute approximate surface area is 126 Å². The molecule has 5 nitrogen and oxygen atoms in total. The summed E-state index contributed by atoms with van der Waals surface area (Å²) < 4.78 is 0. The molecule has 2 rings (SSSR count). The Morgan fingerprint density at radius 1 is 1.19 bits per heavy atom. The van der Waals surface area contributed by atoms with Crippen LogP contribution in [0, 0.1) is 0 Å². The van der Waals surface area contributed by atoms with Crippen LogP contribution in [0.25, 0.3) is 0 Å². The van der Waals surface area contributed by atoms with Crippen molar-refractivity contribution in [2.45, 2.75) is 13.0 Å². The highest BCUT2D eigenvalue weighted by Gasteiger charge is 2.07. The van der Waals surface area contributed by atoms with Gasteiger partial charge in [0.05, 0.1) is 6.42 Å². The van der Waals surface area contributed by atoms with E-state index >= 15 is 0 Å². The van der Waals surface area contributed by atoms with E-state index in [9.17, 15) is 9.59 Å². The van der Waals surface area contributed by atoms with Gasteiger partial charge in [0.15, 0.2) is 0 Å². The van der Waals surface area contributed by atoms with Gasteiger partial charge in [-0.2, -0.15) is 0 Å². The predicted octanol–water partition coefficient (Wildman–Crippen LogP) is 2.29. The van der Waals surface area contributed by atoms with Crippen LogP contribution in [0.3, 0.4) is 0 Å². The first-order valence-corrected chi connectivity index (χ1v) is 6.62. The number of halogens is 1. The number of nitrogens with zero attached hydrogens (tertiary/aromatic N) is 1. The number of aromatic carboxylic acids is 1. The van der Waals surface area contributed by atoms with Gasteiger partial charge in [0, 0.05) is 17.8 Å². The normalized spacial score (nSPS) is 10.1. The van der Waals surface area contributed by atoms with Crippen molar-refractivity contribution in [3.63, 3.8) is 0 Å². The number of carboxylic acid groups (broad SMARTS) is 1. The average molecular weight is 305 g/mol. The van der Waals surface area contributed by atoms with Crippen LogP contribution < -0.4 is 5.32 Å². The molecule has 0 aliphatic heterocycles. The van der Waals surface area contributed by atoms with E-state index in [4.69, 9.17) is 16.7 Å². The lowest BCUT2D eigenvalue weighted by atomic mass is 10.1. The molecule has 1 heterocycles. The summed E-state index contributed by atoms with van der Waals surface area (Å²) in [5.41, 5.74) is 1.46. The molecule has 0 unspecified atom stereocenters. The van der Waals surface area contributed by atoms with Gasteiger partial charge in [0.1, 0.15) is 5.69 Å². The highest BCUT2D eigenvalue weighted by molar-refractivity contribution is 6.31. The Kier molecular flexibility index (Phi) is 4.90. The molecule has 0 radical (unpaired) electrons. The van der Waals surface area contributed by atoms with E-state index in [0.29, 0.717) is 5.02 Å². The monoisotopic (exact) mass is 304 g/mol. The van der Waals surface area contributed by atoms with Crippen LogP contribution in [0.5, 0.6) is 0 Å². The highest BCUT2D eigenvalue weighted by Crippen LogP contribution is 2.15. The van der Waals surface area contributed by atoms with Crippen molar-refractivity contribution in [1.82, 2.24) is 10.3 Å². The van der Waals surface area contributed by atoms with Crippen molar-refractivity contribution in [2.24, 2.45) is 0 Å². The van der Waals surface area contributed by atoms with Gasteiger partial charge in [-0.05, 0) is 23.3 Å². The van der Waals surface area contributed by atoms with Crippen molar-refractivity contribution in [2.75, 3.05) is 0 Å². The second-order valence-electron chi connectivity index (χ2n) is 4.40. The maximum Gasteiger partial charge on any atom is 0.354 e. The van der Waals surface area contributed by atoms with E-state index in [1.165, 1.54) is 12.3 Å². The minimum absolute atomic E-state index is 0.0267. The van der Waals surface area contributed by atoms with Crippen LogP contribution >= 0.6 is 11.6 Å². The molecule has 1 amide bonds. The summed E-state index contributed by atoms with van der Waals surface area (Å²) in [7, 11) is 0. The molecule has 0 aliphatic rings. The summed E-state index contributed by atoms with van der Waals surface area (Å²) in [6.45, 7) is 0.288. The summed E-state index contributed by atoms with van der Waals surface area (Å²) in [6, 6.07) is 10.2. The zero-order valence-corrected chi connectivity index (χ0v) is 11.8. The molecule has 0 bridgehead atoms. The number of carboxylic acids is 1. The molecule has 0 aliphatic carbocycles. The maximum absolute atomic E-state index is 11.8. The Hall–Kier alpha value is -2.40. The largest absolute Gasteiger partial charge is 0.477 e. The number of aromatic nitrogens is 1. The molecule has 0 spiro atoms. The van der Waals surface area contributed by atoms with Crippen molar-refractivity contribution in [3.8, 4) is 0 Å². The van der Waals surface area contributed by atoms with Crippen LogP contribution in [0.15, 0.2) is 42.6 Å². The van der Waals surface area contributed by atoms with Gasteiger partial charge < -0.3 is 10.4 Å². The zero-order chi connectivity index (χ0) is 15.2. The summed E-state index contributed by atoms with van der Waals surface area (Å²) in [6.07, 6.45) is 1.62. The lowest BCUT2D eigenvalue weighted by Crippen LogP contribution is -2.24. The van der Waals surface area contributed by atoms with Gasteiger partial charge in [-0.15, -0.1) is 0 Å². The molecule has 1 aromatic heterocycles. The SMILES string of the molecule is O=C(Cc1ccccc1Cl)NCc1ccc(C(=O)O)nc1. The minimum Gasteiger partial charge on any atom is -0.477 e. The molecule has 21 heavy (non-hydrogen) atoms. The molecule has 0 saturated heterocycles. The first-order chi connectivity index (χ1) is 10.1. The summed E-state index contributed by atoms with van der Waals surface area (Å²) in [4.78, 5) is 26.3. The Bertz CT molecular complexity index is 656. The second kappa shape index (κ2) is 6.85. The molecular weight excluding hydrogens is 292 g/mol. The first kappa shape index (κ1) is 15.0. The lowest BCUT2D eigenvalue weighted by Gasteiger charge is -2.06. The summed E-state index contributed by atoms with van der Waals surface area (Å²) >= 11 is 5.99. The Morgan fingerprint density at radius 3 is 2.57 bits per heavy atom. The molecule has 2 aromatic rings. The lowest BCUT2D eigenvalue weighted by molar-refractivity contribution is -0.120. The van der Waals surface area contributed by atoms with Gasteiger partial charge in [0.2, 0.25) is 5.91 Å². The van der Waals surface area contributed by atoms with Gasteiger partial charge >= 0.3 is 5.97 Å². The van der Waals surface area contributed by atoms with Gasteiger partial charge in [0.25, 0.3) is 0 Å². The smallest absolute Gasteiger partial charge is 0.354 e. The number of nitrogens with one attached hydrogen (secondary N) is 1. The quantitative estimate of drug-likeness (QED) is 0.888. The number of hydrogen-bond donors (Lipinski definition) is 2. The number of hydrogen-bond acceptors (Lipinski definition) is 3. The average Bonchev–Trinajstić information content (AvgIpc) is 2.48. The molecule has 0 saturated carbocycles.